The largest absolute Gasteiger partial charge is 0.357 e. The highest BCUT2D eigenvalue weighted by Crippen LogP contribution is 2.36. The first-order valence-corrected chi connectivity index (χ1v) is 11.4. The molecule has 7 heteroatoms. The molecule has 2 bridgehead atoms. The van der Waals surface area contributed by atoms with Crippen LogP contribution < -0.4 is 5.32 Å². The number of benzene rings is 1. The summed E-state index contributed by atoms with van der Waals surface area (Å²) < 4.78 is 1.75. The third kappa shape index (κ3) is 4.52. The third-order valence-electron chi connectivity index (χ3n) is 5.37. The second-order valence-corrected chi connectivity index (χ2v) is 10.3. The first-order valence-electron chi connectivity index (χ1n) is 9.39. The number of nitrogens with zero attached hydrogens (tertiary/aromatic N) is 2. The zero-order chi connectivity index (χ0) is 18.8. The molecule has 0 atom stereocenters. The predicted molar refractivity (Wildman–Crippen MR) is 117 cm³/mol. The van der Waals surface area contributed by atoms with Crippen LogP contribution in [-0.2, 0) is 0 Å². The van der Waals surface area contributed by atoms with Gasteiger partial charge in [0.05, 0.1) is 5.69 Å². The van der Waals surface area contributed by atoms with Gasteiger partial charge in [-0.1, -0.05) is 30.4 Å². The summed E-state index contributed by atoms with van der Waals surface area (Å²) in [6.45, 7) is 4.04. The van der Waals surface area contributed by atoms with Crippen LogP contribution in [-0.4, -0.2) is 33.2 Å². The van der Waals surface area contributed by atoms with E-state index in [1.54, 1.807) is 0 Å². The fourth-order valence-corrected chi connectivity index (χ4v) is 6.42. The Kier molecular flexibility index (Phi) is 5.80. The van der Waals surface area contributed by atoms with E-state index in [1.165, 1.54) is 48.8 Å². The van der Waals surface area contributed by atoms with E-state index < -0.39 is 0 Å². The van der Waals surface area contributed by atoms with Gasteiger partial charge < -0.3 is 10.2 Å². The zero-order valence-corrected chi connectivity index (χ0v) is 17.8. The molecule has 3 heterocycles. The number of aromatic nitrogens is 1. The van der Waals surface area contributed by atoms with Gasteiger partial charge in [-0.3, -0.25) is 4.79 Å². The molecule has 0 spiro atoms. The summed E-state index contributed by atoms with van der Waals surface area (Å²) in [5.41, 5.74) is 1.55. The van der Waals surface area contributed by atoms with E-state index in [4.69, 9.17) is 12.2 Å². The van der Waals surface area contributed by atoms with Crippen molar-refractivity contribution in [2.24, 2.45) is 11.8 Å². The van der Waals surface area contributed by atoms with Crippen LogP contribution in [0.1, 0.15) is 41.0 Å². The second-order valence-electron chi connectivity index (χ2n) is 7.37. The molecular formula is C20H23N3OS3. The van der Waals surface area contributed by atoms with E-state index in [0.717, 1.165) is 45.0 Å². The van der Waals surface area contributed by atoms with Gasteiger partial charge in [-0.15, -0.1) is 11.3 Å². The van der Waals surface area contributed by atoms with Gasteiger partial charge in [-0.05, 0) is 68.3 Å². The molecule has 0 radical (unpaired) electrons. The van der Waals surface area contributed by atoms with E-state index in [2.05, 4.69) is 15.2 Å². The Morgan fingerprint density at radius 3 is 2.44 bits per heavy atom. The van der Waals surface area contributed by atoms with Crippen molar-refractivity contribution in [3.8, 4) is 0 Å². The molecule has 2 aromatic rings. The number of carbonyl (C=O) groups is 1. The van der Waals surface area contributed by atoms with Gasteiger partial charge in [-0.2, -0.15) is 0 Å². The van der Waals surface area contributed by atoms with E-state index in [1.807, 2.05) is 37.3 Å². The smallest absolute Gasteiger partial charge is 0.267 e. The number of fused-ring (bicyclic) bond motifs is 4. The summed E-state index contributed by atoms with van der Waals surface area (Å²) in [5, 5.41) is 2.94. The van der Waals surface area contributed by atoms with Crippen molar-refractivity contribution in [1.82, 2.24) is 9.88 Å². The normalized spacial score (nSPS) is 21.7. The molecule has 142 valence electrons. The predicted octanol–water partition coefficient (Wildman–Crippen LogP) is 5.20. The molecule has 1 amide bonds. The highest BCUT2D eigenvalue weighted by molar-refractivity contribution is 8.23. The van der Waals surface area contributed by atoms with Gasteiger partial charge in [-0.25, -0.2) is 4.98 Å². The lowest BCUT2D eigenvalue weighted by molar-refractivity contribution is 0.103. The average Bonchev–Trinajstić information content (AvgIpc) is 2.84. The lowest BCUT2D eigenvalue weighted by Gasteiger charge is -2.24. The lowest BCUT2D eigenvalue weighted by Crippen LogP contribution is -2.31. The molecule has 0 unspecified atom stereocenters. The SMILES string of the molecule is Cc1nc(SC(=S)N2CC3CCC(CC3)C2)sc1C(=O)Nc1ccccc1. The van der Waals surface area contributed by atoms with Crippen LogP contribution in [0, 0.1) is 18.8 Å². The van der Waals surface area contributed by atoms with Crippen LogP contribution in [0.2, 0.25) is 0 Å². The number of amides is 1. The number of thiocarbonyl (C=S) groups is 1. The Hall–Kier alpha value is -1.44. The molecule has 27 heavy (non-hydrogen) atoms. The Bertz CT molecular complexity index is 814. The second kappa shape index (κ2) is 8.29. The minimum absolute atomic E-state index is 0.109. The maximum absolute atomic E-state index is 12.6. The molecule has 3 aliphatic rings. The summed E-state index contributed by atoms with van der Waals surface area (Å²) in [6.07, 6.45) is 5.37. The highest BCUT2D eigenvalue weighted by atomic mass is 32.2. The number of nitrogens with one attached hydrogen (secondary N) is 1. The molecule has 2 saturated heterocycles. The summed E-state index contributed by atoms with van der Waals surface area (Å²) >= 11 is 8.69. The Labute approximate surface area is 173 Å². The molecule has 2 aliphatic heterocycles. The number of thioether (sulfide) groups is 1. The van der Waals surface area contributed by atoms with Crippen molar-refractivity contribution in [3.63, 3.8) is 0 Å². The molecule has 1 saturated carbocycles. The van der Waals surface area contributed by atoms with Crippen molar-refractivity contribution in [1.29, 1.82) is 0 Å². The first-order chi connectivity index (χ1) is 13.1. The van der Waals surface area contributed by atoms with Gasteiger partial charge in [0, 0.05) is 18.8 Å². The number of thiazole rings is 1. The average molecular weight is 418 g/mol. The van der Waals surface area contributed by atoms with Crippen LogP contribution in [0.4, 0.5) is 5.69 Å². The molecule has 5 rings (SSSR count). The van der Waals surface area contributed by atoms with Crippen molar-refractivity contribution in [2.45, 2.75) is 36.9 Å². The Morgan fingerprint density at radius 2 is 1.81 bits per heavy atom. The number of anilines is 1. The monoisotopic (exact) mass is 417 g/mol. The van der Waals surface area contributed by atoms with Gasteiger partial charge >= 0.3 is 0 Å². The van der Waals surface area contributed by atoms with E-state index in [9.17, 15) is 4.79 Å². The van der Waals surface area contributed by atoms with Gasteiger partial charge in [0.15, 0.2) is 4.34 Å². The topological polar surface area (TPSA) is 45.2 Å². The van der Waals surface area contributed by atoms with E-state index >= 15 is 0 Å². The van der Waals surface area contributed by atoms with Crippen LogP contribution >= 0.6 is 35.3 Å². The van der Waals surface area contributed by atoms with Crippen molar-refractivity contribution >= 4 is 51.2 Å². The van der Waals surface area contributed by atoms with Crippen LogP contribution in [0.3, 0.4) is 0 Å². The fourth-order valence-electron chi connectivity index (χ4n) is 3.92. The maximum atomic E-state index is 12.6. The number of rotatable bonds is 3. The van der Waals surface area contributed by atoms with Crippen LogP contribution in [0.5, 0.6) is 0 Å². The van der Waals surface area contributed by atoms with Crippen molar-refractivity contribution in [3.05, 3.63) is 40.9 Å². The summed E-state index contributed by atoms with van der Waals surface area (Å²) in [6, 6.07) is 9.50. The fraction of sp³-hybridized carbons (Fsp3) is 0.450. The minimum Gasteiger partial charge on any atom is -0.357 e. The number of para-hydroxylation sites is 1. The molecule has 4 nitrogen and oxygen atoms in total. The number of aryl methyl sites for hydroxylation is 1. The number of hydrogen-bond donors (Lipinski definition) is 1. The zero-order valence-electron chi connectivity index (χ0n) is 15.3. The molecule has 1 aromatic carbocycles. The van der Waals surface area contributed by atoms with Gasteiger partial charge in [0.1, 0.15) is 9.20 Å². The molecule has 1 aromatic heterocycles. The van der Waals surface area contributed by atoms with Crippen molar-refractivity contribution < 1.29 is 4.79 Å². The molecule has 1 aliphatic carbocycles. The quantitative estimate of drug-likeness (QED) is 0.549. The van der Waals surface area contributed by atoms with Gasteiger partial charge in [0.25, 0.3) is 5.91 Å². The summed E-state index contributed by atoms with van der Waals surface area (Å²) in [4.78, 5) is 20.2. The third-order valence-corrected chi connectivity index (χ3v) is 8.03. The first kappa shape index (κ1) is 18.9. The number of hydrogen-bond acceptors (Lipinski definition) is 5. The maximum Gasteiger partial charge on any atom is 0.267 e. The van der Waals surface area contributed by atoms with Crippen LogP contribution in [0.15, 0.2) is 34.7 Å². The lowest BCUT2D eigenvalue weighted by atomic mass is 9.84. The van der Waals surface area contributed by atoms with E-state index in [-0.39, 0.29) is 5.91 Å². The number of carbonyl (C=O) groups excluding carboxylic acids is 1. The molecule has 1 N–H and O–H groups in total. The summed E-state index contributed by atoms with van der Waals surface area (Å²) in [7, 11) is 0. The van der Waals surface area contributed by atoms with Gasteiger partial charge in [0.2, 0.25) is 0 Å². The minimum atomic E-state index is -0.109. The van der Waals surface area contributed by atoms with E-state index in [0.29, 0.717) is 4.88 Å². The Morgan fingerprint density at radius 1 is 1.19 bits per heavy atom. The molecular weight excluding hydrogens is 394 g/mol. The summed E-state index contributed by atoms with van der Waals surface area (Å²) in [5.74, 6) is 1.46. The molecule has 3 fully saturated rings. The van der Waals surface area contributed by atoms with Crippen molar-refractivity contribution in [2.75, 3.05) is 18.4 Å². The Balaban J connectivity index is 1.42. The standard InChI is InChI=1S/C20H23N3OS3/c1-13-17(18(24)22-16-5-3-2-4-6-16)26-19(21-13)27-20(25)23-11-14-7-8-15(12-23)10-9-14/h2-6,14-15H,7-12H2,1H3,(H,22,24). The van der Waals surface area contributed by atoms with Crippen LogP contribution in [0.25, 0.3) is 0 Å². The highest BCUT2D eigenvalue weighted by Gasteiger charge is 2.31.